The van der Waals surface area contributed by atoms with Crippen LogP contribution in [0.3, 0.4) is 0 Å². The molecule has 0 amide bonds. The van der Waals surface area contributed by atoms with E-state index in [1.807, 2.05) is 6.92 Å². The van der Waals surface area contributed by atoms with Gasteiger partial charge in [-0.05, 0) is 44.0 Å². The van der Waals surface area contributed by atoms with Crippen LogP contribution in [-0.2, 0) is 6.42 Å². The molecule has 0 heterocycles. The molecular formula is C13H16FNO. The van der Waals surface area contributed by atoms with E-state index in [2.05, 4.69) is 11.8 Å². The van der Waals surface area contributed by atoms with Crippen molar-refractivity contribution in [3.05, 3.63) is 29.6 Å². The lowest BCUT2D eigenvalue weighted by atomic mass is 10.1. The Bertz CT molecular complexity index is 404. The average molecular weight is 221 g/mol. The first kappa shape index (κ1) is 12.5. The van der Waals surface area contributed by atoms with Crippen molar-refractivity contribution in [1.82, 2.24) is 0 Å². The molecule has 0 aliphatic heterocycles. The van der Waals surface area contributed by atoms with Crippen molar-refractivity contribution in [2.75, 3.05) is 6.61 Å². The zero-order valence-corrected chi connectivity index (χ0v) is 9.59. The molecule has 1 rings (SSSR count). The van der Waals surface area contributed by atoms with E-state index >= 15 is 0 Å². The minimum absolute atomic E-state index is 0.0265. The number of hydrogen-bond donors (Lipinski definition) is 1. The van der Waals surface area contributed by atoms with Gasteiger partial charge in [0.15, 0.2) is 0 Å². The van der Waals surface area contributed by atoms with Gasteiger partial charge in [-0.15, -0.1) is 5.92 Å². The van der Waals surface area contributed by atoms with Crippen molar-refractivity contribution in [3.63, 3.8) is 0 Å². The molecule has 1 unspecified atom stereocenters. The molecule has 1 atom stereocenters. The number of benzene rings is 1. The predicted octanol–water partition coefficient (Wildman–Crippen LogP) is 2.12. The van der Waals surface area contributed by atoms with Crippen molar-refractivity contribution in [2.45, 2.75) is 26.3 Å². The SMILES string of the molecule is CC#CCOc1ccc(F)cc1CC(C)N. The molecule has 0 aliphatic carbocycles. The zero-order chi connectivity index (χ0) is 12.0. The summed E-state index contributed by atoms with van der Waals surface area (Å²) < 4.78 is 18.5. The second-order valence-electron chi connectivity index (χ2n) is 3.65. The summed E-state index contributed by atoms with van der Waals surface area (Å²) in [6.45, 7) is 3.94. The Morgan fingerprint density at radius 2 is 2.25 bits per heavy atom. The Morgan fingerprint density at radius 1 is 1.50 bits per heavy atom. The fourth-order valence-corrected chi connectivity index (χ4v) is 1.38. The molecule has 0 fully saturated rings. The highest BCUT2D eigenvalue weighted by molar-refractivity contribution is 5.35. The van der Waals surface area contributed by atoms with Gasteiger partial charge in [0.25, 0.3) is 0 Å². The minimum atomic E-state index is -0.274. The van der Waals surface area contributed by atoms with E-state index in [0.29, 0.717) is 18.8 Å². The lowest BCUT2D eigenvalue weighted by Gasteiger charge is -2.11. The molecular weight excluding hydrogens is 205 g/mol. The lowest BCUT2D eigenvalue weighted by Crippen LogP contribution is -2.18. The molecule has 0 spiro atoms. The first-order valence-electron chi connectivity index (χ1n) is 5.20. The molecule has 0 aliphatic rings. The highest BCUT2D eigenvalue weighted by atomic mass is 19.1. The molecule has 0 radical (unpaired) electrons. The summed E-state index contributed by atoms with van der Waals surface area (Å²) >= 11 is 0. The van der Waals surface area contributed by atoms with E-state index in [0.717, 1.165) is 5.56 Å². The Balaban J connectivity index is 2.83. The van der Waals surface area contributed by atoms with Crippen LogP contribution < -0.4 is 10.5 Å². The predicted molar refractivity (Wildman–Crippen MR) is 62.7 cm³/mol. The fourth-order valence-electron chi connectivity index (χ4n) is 1.38. The van der Waals surface area contributed by atoms with Gasteiger partial charge in [-0.3, -0.25) is 0 Å². The number of ether oxygens (including phenoxy) is 1. The Hall–Kier alpha value is -1.53. The summed E-state index contributed by atoms with van der Waals surface area (Å²) in [6, 6.07) is 4.42. The van der Waals surface area contributed by atoms with Crippen molar-refractivity contribution in [2.24, 2.45) is 5.73 Å². The van der Waals surface area contributed by atoms with Crippen LogP contribution in [0.1, 0.15) is 19.4 Å². The van der Waals surface area contributed by atoms with E-state index in [4.69, 9.17) is 10.5 Å². The highest BCUT2D eigenvalue weighted by Crippen LogP contribution is 2.20. The molecule has 0 saturated carbocycles. The van der Waals surface area contributed by atoms with Gasteiger partial charge in [0.2, 0.25) is 0 Å². The summed E-state index contributed by atoms with van der Waals surface area (Å²) in [4.78, 5) is 0. The Labute approximate surface area is 95.6 Å². The van der Waals surface area contributed by atoms with Crippen LogP contribution in [0.15, 0.2) is 18.2 Å². The van der Waals surface area contributed by atoms with Crippen LogP contribution in [-0.4, -0.2) is 12.6 Å². The maximum atomic E-state index is 13.1. The quantitative estimate of drug-likeness (QED) is 0.790. The monoisotopic (exact) mass is 221 g/mol. The highest BCUT2D eigenvalue weighted by Gasteiger charge is 2.07. The van der Waals surface area contributed by atoms with Gasteiger partial charge in [-0.25, -0.2) is 4.39 Å². The number of hydrogen-bond acceptors (Lipinski definition) is 2. The van der Waals surface area contributed by atoms with Gasteiger partial charge < -0.3 is 10.5 Å². The smallest absolute Gasteiger partial charge is 0.149 e. The van der Waals surface area contributed by atoms with Crippen LogP contribution >= 0.6 is 0 Å². The summed E-state index contributed by atoms with van der Waals surface area (Å²) in [7, 11) is 0. The third-order valence-corrected chi connectivity index (χ3v) is 2.04. The average Bonchev–Trinajstić information content (AvgIpc) is 2.20. The van der Waals surface area contributed by atoms with Gasteiger partial charge in [0.05, 0.1) is 0 Å². The van der Waals surface area contributed by atoms with Crippen LogP contribution in [0, 0.1) is 17.7 Å². The first-order chi connectivity index (χ1) is 7.63. The van der Waals surface area contributed by atoms with Gasteiger partial charge in [-0.1, -0.05) is 5.92 Å². The standard InChI is InChI=1S/C13H16FNO/c1-3-4-7-16-13-6-5-12(14)9-11(13)8-10(2)15/h5-6,9-10H,7-8,15H2,1-2H3. The fraction of sp³-hybridized carbons (Fsp3) is 0.385. The summed E-state index contributed by atoms with van der Waals surface area (Å²) in [5.74, 6) is 5.91. The van der Waals surface area contributed by atoms with E-state index in [1.165, 1.54) is 12.1 Å². The molecule has 0 bridgehead atoms. The lowest BCUT2D eigenvalue weighted by molar-refractivity contribution is 0.364. The third kappa shape index (κ3) is 3.92. The second kappa shape index (κ2) is 6.14. The minimum Gasteiger partial charge on any atom is -0.481 e. The maximum Gasteiger partial charge on any atom is 0.149 e. The second-order valence-corrected chi connectivity index (χ2v) is 3.65. The maximum absolute atomic E-state index is 13.1. The van der Waals surface area contributed by atoms with E-state index in [9.17, 15) is 4.39 Å². The van der Waals surface area contributed by atoms with Crippen LogP contribution in [0.5, 0.6) is 5.75 Å². The van der Waals surface area contributed by atoms with Gasteiger partial charge >= 0.3 is 0 Å². The number of rotatable bonds is 4. The molecule has 2 N–H and O–H groups in total. The van der Waals surface area contributed by atoms with E-state index in [1.54, 1.807) is 13.0 Å². The van der Waals surface area contributed by atoms with Crippen molar-refractivity contribution < 1.29 is 9.13 Å². The van der Waals surface area contributed by atoms with Gasteiger partial charge in [0, 0.05) is 6.04 Å². The van der Waals surface area contributed by atoms with Gasteiger partial charge in [0.1, 0.15) is 18.2 Å². The Kier molecular flexibility index (Phi) is 4.81. The van der Waals surface area contributed by atoms with Crippen molar-refractivity contribution in [3.8, 4) is 17.6 Å². The third-order valence-electron chi connectivity index (χ3n) is 2.04. The van der Waals surface area contributed by atoms with Crippen LogP contribution in [0.2, 0.25) is 0 Å². The summed E-state index contributed by atoms with van der Waals surface area (Å²) in [5.41, 5.74) is 6.48. The van der Waals surface area contributed by atoms with E-state index < -0.39 is 0 Å². The van der Waals surface area contributed by atoms with Gasteiger partial charge in [-0.2, -0.15) is 0 Å². The number of nitrogens with two attached hydrogens (primary N) is 1. The molecule has 0 aromatic heterocycles. The molecule has 0 saturated heterocycles. The summed E-state index contributed by atoms with van der Waals surface area (Å²) in [6.07, 6.45) is 0.590. The first-order valence-corrected chi connectivity index (χ1v) is 5.20. The molecule has 1 aromatic rings. The van der Waals surface area contributed by atoms with Crippen molar-refractivity contribution >= 4 is 0 Å². The molecule has 16 heavy (non-hydrogen) atoms. The molecule has 3 heteroatoms. The largest absolute Gasteiger partial charge is 0.481 e. The van der Waals surface area contributed by atoms with Crippen molar-refractivity contribution in [1.29, 1.82) is 0 Å². The molecule has 1 aromatic carbocycles. The van der Waals surface area contributed by atoms with Crippen LogP contribution in [0.25, 0.3) is 0 Å². The van der Waals surface area contributed by atoms with Crippen LogP contribution in [0.4, 0.5) is 4.39 Å². The topological polar surface area (TPSA) is 35.2 Å². The normalized spacial score (nSPS) is 11.5. The zero-order valence-electron chi connectivity index (χ0n) is 9.59. The Morgan fingerprint density at radius 3 is 2.88 bits per heavy atom. The number of halogens is 1. The molecule has 86 valence electrons. The van der Waals surface area contributed by atoms with E-state index in [-0.39, 0.29) is 11.9 Å². The summed E-state index contributed by atoms with van der Waals surface area (Å²) in [5, 5.41) is 0. The molecule has 2 nitrogen and oxygen atoms in total.